The molecule has 1 aromatic carbocycles. The minimum absolute atomic E-state index is 0.00127. The molecule has 2 aliphatic rings. The van der Waals surface area contributed by atoms with Crippen LogP contribution in [0, 0.1) is 5.82 Å². The first kappa shape index (κ1) is 8.42. The predicted octanol–water partition coefficient (Wildman–Crippen LogP) is 2.16. The quantitative estimate of drug-likeness (QED) is 0.668. The SMILES string of the molecule is OC1CCc2cc(F)ccc2C12CC2. The topological polar surface area (TPSA) is 20.2 Å². The van der Waals surface area contributed by atoms with Crippen molar-refractivity contribution in [3.05, 3.63) is 35.1 Å². The highest BCUT2D eigenvalue weighted by molar-refractivity contribution is 5.42. The zero-order valence-corrected chi connectivity index (χ0v) is 7.96. The van der Waals surface area contributed by atoms with Gasteiger partial charge in [0.2, 0.25) is 0 Å². The zero-order chi connectivity index (χ0) is 9.76. The van der Waals surface area contributed by atoms with Crippen LogP contribution in [0.25, 0.3) is 0 Å². The molecule has 1 aromatic rings. The fraction of sp³-hybridized carbons (Fsp3) is 0.500. The third kappa shape index (κ3) is 0.976. The molecule has 2 aliphatic carbocycles. The molecule has 1 nitrogen and oxygen atoms in total. The van der Waals surface area contributed by atoms with Crippen molar-refractivity contribution in [2.24, 2.45) is 0 Å². The lowest BCUT2D eigenvalue weighted by Gasteiger charge is -2.30. The molecule has 0 radical (unpaired) electrons. The Balaban J connectivity index is 2.14. The van der Waals surface area contributed by atoms with Gasteiger partial charge in [0, 0.05) is 5.41 Å². The van der Waals surface area contributed by atoms with E-state index in [1.807, 2.05) is 6.07 Å². The lowest BCUT2D eigenvalue weighted by atomic mass is 9.78. The van der Waals surface area contributed by atoms with Crippen LogP contribution in [-0.4, -0.2) is 11.2 Å². The first-order valence-electron chi connectivity index (χ1n) is 5.19. The molecule has 0 aromatic heterocycles. The Labute approximate surface area is 82.6 Å². The van der Waals surface area contributed by atoms with Gasteiger partial charge in [-0.25, -0.2) is 4.39 Å². The normalized spacial score (nSPS) is 27.4. The van der Waals surface area contributed by atoms with Crippen molar-refractivity contribution in [3.63, 3.8) is 0 Å². The highest BCUT2D eigenvalue weighted by Crippen LogP contribution is 2.55. The van der Waals surface area contributed by atoms with Crippen molar-refractivity contribution in [1.82, 2.24) is 0 Å². The number of halogens is 1. The minimum atomic E-state index is -0.208. The number of hydrogen-bond acceptors (Lipinski definition) is 1. The first-order chi connectivity index (χ1) is 6.72. The average Bonchev–Trinajstić information content (AvgIpc) is 2.94. The van der Waals surface area contributed by atoms with Crippen LogP contribution < -0.4 is 0 Å². The second-order valence-electron chi connectivity index (χ2n) is 4.51. The van der Waals surface area contributed by atoms with Gasteiger partial charge in [-0.1, -0.05) is 6.07 Å². The summed E-state index contributed by atoms with van der Waals surface area (Å²) in [5.74, 6) is -0.157. The zero-order valence-electron chi connectivity index (χ0n) is 7.96. The first-order valence-corrected chi connectivity index (χ1v) is 5.19. The number of aliphatic hydroxyl groups is 1. The van der Waals surface area contributed by atoms with E-state index >= 15 is 0 Å². The molecule has 1 spiro atoms. The Morgan fingerprint density at radius 3 is 2.86 bits per heavy atom. The molecular formula is C12H13FO. The minimum Gasteiger partial charge on any atom is -0.392 e. The smallest absolute Gasteiger partial charge is 0.123 e. The lowest BCUT2D eigenvalue weighted by molar-refractivity contribution is 0.114. The molecule has 0 bridgehead atoms. The summed E-state index contributed by atoms with van der Waals surface area (Å²) in [5, 5.41) is 9.92. The summed E-state index contributed by atoms with van der Waals surface area (Å²) in [5.41, 5.74) is 2.30. The van der Waals surface area contributed by atoms with Crippen LogP contribution in [0.1, 0.15) is 30.4 Å². The van der Waals surface area contributed by atoms with E-state index in [1.54, 1.807) is 6.07 Å². The van der Waals surface area contributed by atoms with Crippen molar-refractivity contribution in [1.29, 1.82) is 0 Å². The number of benzene rings is 1. The summed E-state index contributed by atoms with van der Waals surface area (Å²) in [6, 6.07) is 5.00. The van der Waals surface area contributed by atoms with E-state index < -0.39 is 0 Å². The third-order valence-corrected chi connectivity index (χ3v) is 3.72. The number of aryl methyl sites for hydroxylation is 1. The molecule has 0 heterocycles. The maximum absolute atomic E-state index is 13.0. The molecule has 74 valence electrons. The molecule has 1 fully saturated rings. The van der Waals surface area contributed by atoms with Crippen LogP contribution in [0.4, 0.5) is 4.39 Å². The molecular weight excluding hydrogens is 179 g/mol. The van der Waals surface area contributed by atoms with Gasteiger partial charge in [0.15, 0.2) is 0 Å². The maximum Gasteiger partial charge on any atom is 0.123 e. The van der Waals surface area contributed by atoms with Crippen molar-refractivity contribution in [2.75, 3.05) is 0 Å². The Kier molecular flexibility index (Phi) is 1.55. The van der Waals surface area contributed by atoms with Crippen molar-refractivity contribution >= 4 is 0 Å². The Morgan fingerprint density at radius 2 is 2.14 bits per heavy atom. The molecule has 3 rings (SSSR count). The van der Waals surface area contributed by atoms with Crippen molar-refractivity contribution in [2.45, 2.75) is 37.2 Å². The lowest BCUT2D eigenvalue weighted by Crippen LogP contribution is -2.31. The fourth-order valence-electron chi connectivity index (χ4n) is 2.74. The van der Waals surface area contributed by atoms with Crippen molar-refractivity contribution < 1.29 is 9.50 Å². The molecule has 1 N–H and O–H groups in total. The highest BCUT2D eigenvalue weighted by atomic mass is 19.1. The maximum atomic E-state index is 13.0. The Morgan fingerprint density at radius 1 is 1.36 bits per heavy atom. The summed E-state index contributed by atoms with van der Waals surface area (Å²) in [6.45, 7) is 0. The van der Waals surface area contributed by atoms with Crippen LogP contribution in [0.15, 0.2) is 18.2 Å². The van der Waals surface area contributed by atoms with E-state index in [0.717, 1.165) is 31.2 Å². The van der Waals surface area contributed by atoms with E-state index in [2.05, 4.69) is 0 Å². The number of fused-ring (bicyclic) bond motifs is 2. The van der Waals surface area contributed by atoms with Gasteiger partial charge >= 0.3 is 0 Å². The Hall–Kier alpha value is -0.890. The van der Waals surface area contributed by atoms with Crippen molar-refractivity contribution in [3.8, 4) is 0 Å². The summed E-state index contributed by atoms with van der Waals surface area (Å²) in [6.07, 6.45) is 3.52. The van der Waals surface area contributed by atoms with Gasteiger partial charge in [0.1, 0.15) is 5.82 Å². The van der Waals surface area contributed by atoms with Crippen LogP contribution in [0.3, 0.4) is 0 Å². The van der Waals surface area contributed by atoms with Gasteiger partial charge in [0.25, 0.3) is 0 Å². The molecule has 1 unspecified atom stereocenters. The van der Waals surface area contributed by atoms with E-state index in [1.165, 1.54) is 11.6 Å². The summed E-state index contributed by atoms with van der Waals surface area (Å²) in [7, 11) is 0. The summed E-state index contributed by atoms with van der Waals surface area (Å²) < 4.78 is 13.0. The van der Waals surface area contributed by atoms with E-state index in [-0.39, 0.29) is 17.3 Å². The van der Waals surface area contributed by atoms with Crippen LogP contribution in [0.5, 0.6) is 0 Å². The molecule has 2 heteroatoms. The third-order valence-electron chi connectivity index (χ3n) is 3.72. The second-order valence-corrected chi connectivity index (χ2v) is 4.51. The Bertz CT molecular complexity index is 382. The molecule has 0 saturated heterocycles. The monoisotopic (exact) mass is 192 g/mol. The molecule has 1 saturated carbocycles. The summed E-state index contributed by atoms with van der Waals surface area (Å²) in [4.78, 5) is 0. The van der Waals surface area contributed by atoms with Gasteiger partial charge in [0.05, 0.1) is 6.10 Å². The second kappa shape index (κ2) is 2.57. The van der Waals surface area contributed by atoms with Gasteiger partial charge in [-0.3, -0.25) is 0 Å². The van der Waals surface area contributed by atoms with E-state index in [4.69, 9.17) is 0 Å². The number of aliphatic hydroxyl groups excluding tert-OH is 1. The molecule has 0 aliphatic heterocycles. The number of hydrogen-bond donors (Lipinski definition) is 1. The molecule has 14 heavy (non-hydrogen) atoms. The van der Waals surface area contributed by atoms with Crippen LogP contribution >= 0.6 is 0 Å². The largest absolute Gasteiger partial charge is 0.392 e. The van der Waals surface area contributed by atoms with Gasteiger partial charge in [-0.2, -0.15) is 0 Å². The van der Waals surface area contributed by atoms with E-state index in [0.29, 0.717) is 0 Å². The molecule has 0 amide bonds. The van der Waals surface area contributed by atoms with Crippen LogP contribution in [-0.2, 0) is 11.8 Å². The van der Waals surface area contributed by atoms with Gasteiger partial charge in [-0.15, -0.1) is 0 Å². The standard InChI is InChI=1S/C12H13FO/c13-9-2-3-10-8(7-9)1-4-11(14)12(10)5-6-12/h2-3,7,11,14H,1,4-6H2. The summed E-state index contributed by atoms with van der Waals surface area (Å²) >= 11 is 0. The fourth-order valence-corrected chi connectivity index (χ4v) is 2.74. The van der Waals surface area contributed by atoms with Gasteiger partial charge < -0.3 is 5.11 Å². The average molecular weight is 192 g/mol. The van der Waals surface area contributed by atoms with Gasteiger partial charge in [-0.05, 0) is 48.9 Å². The van der Waals surface area contributed by atoms with Crippen LogP contribution in [0.2, 0.25) is 0 Å². The predicted molar refractivity (Wildman–Crippen MR) is 51.6 cm³/mol. The highest BCUT2D eigenvalue weighted by Gasteiger charge is 2.52. The number of rotatable bonds is 0. The van der Waals surface area contributed by atoms with E-state index in [9.17, 15) is 9.50 Å². The molecule has 1 atom stereocenters.